The lowest BCUT2D eigenvalue weighted by atomic mass is 9.96. The van der Waals surface area contributed by atoms with Gasteiger partial charge in [0.2, 0.25) is 0 Å². The molecule has 2 aliphatic heterocycles. The Balaban J connectivity index is 1.20. The summed E-state index contributed by atoms with van der Waals surface area (Å²) >= 11 is 0. The molecule has 2 saturated heterocycles. The van der Waals surface area contributed by atoms with E-state index < -0.39 is 0 Å². The zero-order valence-electron chi connectivity index (χ0n) is 20.5. The van der Waals surface area contributed by atoms with E-state index >= 15 is 0 Å². The van der Waals surface area contributed by atoms with Gasteiger partial charge in [0.05, 0.1) is 0 Å². The molecule has 5 rings (SSSR count). The van der Waals surface area contributed by atoms with E-state index in [2.05, 4.69) is 24.0 Å². The molecule has 0 spiro atoms. The molecule has 8 nitrogen and oxygen atoms in total. The number of fused-ring (bicyclic) bond motifs is 1. The van der Waals surface area contributed by atoms with Gasteiger partial charge in [0.1, 0.15) is 11.6 Å². The van der Waals surface area contributed by atoms with Crippen LogP contribution in [0.25, 0.3) is 5.65 Å². The summed E-state index contributed by atoms with van der Waals surface area (Å²) in [5.41, 5.74) is 1.44. The first-order valence-electron chi connectivity index (χ1n) is 12.6. The third-order valence-electron chi connectivity index (χ3n) is 7.36. The first kappa shape index (κ1) is 23.3. The summed E-state index contributed by atoms with van der Waals surface area (Å²) in [7, 11) is 0. The second-order valence-electron chi connectivity index (χ2n) is 9.82. The lowest BCUT2D eigenvalue weighted by Gasteiger charge is -2.38. The van der Waals surface area contributed by atoms with Crippen LogP contribution < -0.4 is 4.74 Å². The summed E-state index contributed by atoms with van der Waals surface area (Å²) in [6.07, 6.45) is 7.12. The van der Waals surface area contributed by atoms with E-state index in [0.717, 1.165) is 50.1 Å². The number of nitrogens with zero attached hydrogens (tertiary/aromatic N) is 5. The number of likely N-dealkylation sites (tertiary alicyclic amines) is 2. The smallest absolute Gasteiger partial charge is 0.260 e. The van der Waals surface area contributed by atoms with Crippen molar-refractivity contribution in [3.05, 3.63) is 60.0 Å². The largest absolute Gasteiger partial charge is 0.484 e. The highest BCUT2D eigenvalue weighted by molar-refractivity contribution is 5.94. The molecule has 8 heteroatoms. The van der Waals surface area contributed by atoms with Crippen molar-refractivity contribution in [1.82, 2.24) is 24.4 Å². The molecule has 2 aromatic heterocycles. The lowest BCUT2D eigenvalue weighted by molar-refractivity contribution is -0.139. The van der Waals surface area contributed by atoms with E-state index in [1.165, 1.54) is 0 Å². The highest BCUT2D eigenvalue weighted by Crippen LogP contribution is 2.27. The van der Waals surface area contributed by atoms with Crippen LogP contribution in [0.15, 0.2) is 48.7 Å². The SMILES string of the molecule is CC1CCCC(C)N1C(=O)COc1ccc(C(=O)N2CCCC(c3nnc4ccccn34)C2)cc1. The third kappa shape index (κ3) is 4.88. The zero-order chi connectivity index (χ0) is 24.4. The molecule has 2 aliphatic rings. The van der Waals surface area contributed by atoms with Crippen LogP contribution in [0.3, 0.4) is 0 Å². The number of rotatable bonds is 5. The van der Waals surface area contributed by atoms with Crippen molar-refractivity contribution in [3.63, 3.8) is 0 Å². The summed E-state index contributed by atoms with van der Waals surface area (Å²) in [5.74, 6) is 1.67. The van der Waals surface area contributed by atoms with Gasteiger partial charge in [0.15, 0.2) is 12.3 Å². The minimum absolute atomic E-state index is 0.00196. The van der Waals surface area contributed by atoms with Gasteiger partial charge in [-0.05, 0) is 82.3 Å². The Hall–Kier alpha value is -3.42. The van der Waals surface area contributed by atoms with E-state index in [4.69, 9.17) is 4.74 Å². The van der Waals surface area contributed by atoms with Crippen LogP contribution in [-0.4, -0.2) is 68.0 Å². The van der Waals surface area contributed by atoms with Crippen LogP contribution in [0.4, 0.5) is 0 Å². The molecule has 0 aliphatic carbocycles. The summed E-state index contributed by atoms with van der Waals surface area (Å²) in [5, 5.41) is 8.67. The number of pyridine rings is 1. The molecule has 0 saturated carbocycles. The topological polar surface area (TPSA) is 80.0 Å². The van der Waals surface area contributed by atoms with Crippen molar-refractivity contribution < 1.29 is 14.3 Å². The lowest BCUT2D eigenvalue weighted by Crippen LogP contribution is -2.49. The molecule has 3 unspecified atom stereocenters. The molecule has 0 bridgehead atoms. The minimum atomic E-state index is 0.00196. The first-order chi connectivity index (χ1) is 17.0. The summed E-state index contributed by atoms with van der Waals surface area (Å²) in [6, 6.07) is 13.5. The molecule has 1 aromatic carbocycles. The Morgan fingerprint density at radius 3 is 2.51 bits per heavy atom. The maximum Gasteiger partial charge on any atom is 0.260 e. The predicted octanol–water partition coefficient (Wildman–Crippen LogP) is 3.92. The van der Waals surface area contributed by atoms with Gasteiger partial charge in [-0.1, -0.05) is 6.07 Å². The Morgan fingerprint density at radius 2 is 1.74 bits per heavy atom. The molecule has 0 radical (unpaired) electrons. The van der Waals surface area contributed by atoms with Crippen LogP contribution in [-0.2, 0) is 4.79 Å². The monoisotopic (exact) mass is 475 g/mol. The number of aromatic nitrogens is 3. The minimum Gasteiger partial charge on any atom is -0.484 e. The van der Waals surface area contributed by atoms with Gasteiger partial charge < -0.3 is 14.5 Å². The van der Waals surface area contributed by atoms with Crippen LogP contribution in [0.2, 0.25) is 0 Å². The van der Waals surface area contributed by atoms with E-state index in [0.29, 0.717) is 17.9 Å². The average molecular weight is 476 g/mol. The average Bonchev–Trinajstić information content (AvgIpc) is 3.32. The molecule has 35 heavy (non-hydrogen) atoms. The van der Waals surface area contributed by atoms with E-state index in [1.54, 1.807) is 24.3 Å². The third-order valence-corrected chi connectivity index (χ3v) is 7.36. The van der Waals surface area contributed by atoms with Gasteiger partial charge in [-0.25, -0.2) is 0 Å². The molecule has 2 amide bonds. The molecule has 3 aromatic rings. The number of amides is 2. The normalized spacial score (nSPS) is 22.9. The van der Waals surface area contributed by atoms with Crippen molar-refractivity contribution in [3.8, 4) is 5.75 Å². The van der Waals surface area contributed by atoms with Gasteiger partial charge in [-0.2, -0.15) is 0 Å². The predicted molar refractivity (Wildman–Crippen MR) is 132 cm³/mol. The molecule has 2 fully saturated rings. The second kappa shape index (κ2) is 10.1. The number of carbonyl (C=O) groups excluding carboxylic acids is 2. The van der Waals surface area contributed by atoms with Crippen molar-refractivity contribution in [2.75, 3.05) is 19.7 Å². The Labute approximate surface area is 205 Å². The number of carbonyl (C=O) groups is 2. The number of hydrogen-bond acceptors (Lipinski definition) is 5. The van der Waals surface area contributed by atoms with E-state index in [9.17, 15) is 9.59 Å². The van der Waals surface area contributed by atoms with Crippen LogP contribution >= 0.6 is 0 Å². The zero-order valence-corrected chi connectivity index (χ0v) is 20.5. The van der Waals surface area contributed by atoms with Gasteiger partial charge in [0, 0.05) is 42.9 Å². The maximum absolute atomic E-state index is 13.2. The van der Waals surface area contributed by atoms with E-state index in [1.807, 2.05) is 38.6 Å². The fraction of sp³-hybridized carbons (Fsp3) is 0.481. The van der Waals surface area contributed by atoms with Gasteiger partial charge in [-0.15, -0.1) is 10.2 Å². The van der Waals surface area contributed by atoms with Gasteiger partial charge in [0.25, 0.3) is 11.8 Å². The number of piperidine rings is 2. The van der Waals surface area contributed by atoms with Crippen molar-refractivity contribution >= 4 is 17.5 Å². The molecular formula is C27H33N5O3. The van der Waals surface area contributed by atoms with Crippen molar-refractivity contribution in [1.29, 1.82) is 0 Å². The van der Waals surface area contributed by atoms with Crippen LogP contribution in [0.1, 0.15) is 68.1 Å². The standard InChI is InChI=1S/C27H33N5O3/c1-19-7-5-8-20(2)32(19)25(33)18-35-23-13-11-21(12-14-23)27(34)30-15-6-9-22(17-30)26-29-28-24-10-3-4-16-31(24)26/h3-4,10-14,16,19-20,22H,5-9,15,17-18H2,1-2H3. The fourth-order valence-electron chi connectivity index (χ4n) is 5.52. The highest BCUT2D eigenvalue weighted by atomic mass is 16.5. The quantitative estimate of drug-likeness (QED) is 0.559. The fourth-order valence-corrected chi connectivity index (χ4v) is 5.52. The van der Waals surface area contributed by atoms with E-state index in [-0.39, 0.29) is 36.4 Å². The molecule has 4 heterocycles. The maximum atomic E-state index is 13.2. The van der Waals surface area contributed by atoms with Crippen molar-refractivity contribution in [2.45, 2.75) is 64.0 Å². The Morgan fingerprint density at radius 1 is 0.971 bits per heavy atom. The number of benzene rings is 1. The second-order valence-corrected chi connectivity index (χ2v) is 9.82. The van der Waals surface area contributed by atoms with Gasteiger partial charge >= 0.3 is 0 Å². The molecular weight excluding hydrogens is 442 g/mol. The highest BCUT2D eigenvalue weighted by Gasteiger charge is 2.30. The van der Waals surface area contributed by atoms with Gasteiger partial charge in [-0.3, -0.25) is 14.0 Å². The Kier molecular flexibility index (Phi) is 6.70. The number of ether oxygens (including phenoxy) is 1. The van der Waals surface area contributed by atoms with Crippen LogP contribution in [0, 0.1) is 0 Å². The summed E-state index contributed by atoms with van der Waals surface area (Å²) in [6.45, 7) is 5.57. The van der Waals surface area contributed by atoms with Crippen molar-refractivity contribution in [2.24, 2.45) is 0 Å². The molecule has 3 atom stereocenters. The molecule has 0 N–H and O–H groups in total. The summed E-state index contributed by atoms with van der Waals surface area (Å²) < 4.78 is 7.78. The van der Waals surface area contributed by atoms with Crippen LogP contribution in [0.5, 0.6) is 5.75 Å². The first-order valence-corrected chi connectivity index (χ1v) is 12.6. The number of hydrogen-bond donors (Lipinski definition) is 0. The summed E-state index contributed by atoms with van der Waals surface area (Å²) in [4.78, 5) is 29.8. The Bertz CT molecular complexity index is 1180. The molecule has 184 valence electrons.